The Bertz CT molecular complexity index is 372. The Kier molecular flexibility index (Phi) is 5.65. The van der Waals surface area contributed by atoms with E-state index in [1.165, 1.54) is 0 Å². The van der Waals surface area contributed by atoms with Crippen LogP contribution >= 0.6 is 0 Å². The molecule has 1 aromatic rings. The van der Waals surface area contributed by atoms with Crippen molar-refractivity contribution in [2.24, 2.45) is 11.8 Å². The summed E-state index contributed by atoms with van der Waals surface area (Å²) in [4.78, 5) is 11.3. The van der Waals surface area contributed by atoms with Crippen LogP contribution in [-0.4, -0.2) is 31.9 Å². The van der Waals surface area contributed by atoms with Crippen LogP contribution in [0.4, 0.5) is 0 Å². The predicted molar refractivity (Wildman–Crippen MR) is 68.9 cm³/mol. The molecule has 1 rings (SSSR count). The number of rotatable bonds is 7. The van der Waals surface area contributed by atoms with Crippen LogP contribution in [0.3, 0.4) is 0 Å². The Labute approximate surface area is 108 Å². The van der Waals surface area contributed by atoms with Crippen LogP contribution in [0.15, 0.2) is 24.3 Å². The van der Waals surface area contributed by atoms with Gasteiger partial charge in [-0.05, 0) is 30.0 Å². The zero-order chi connectivity index (χ0) is 13.5. The molecule has 18 heavy (non-hydrogen) atoms. The number of benzene rings is 1. The van der Waals surface area contributed by atoms with E-state index < -0.39 is 11.9 Å². The number of carboxylic acids is 1. The highest BCUT2D eigenvalue weighted by atomic mass is 16.5. The summed E-state index contributed by atoms with van der Waals surface area (Å²) in [5.74, 6) is -0.459. The molecular formula is C14H20O4. The zero-order valence-electron chi connectivity index (χ0n) is 11.1. The smallest absolute Gasteiger partial charge is 0.307 e. The molecule has 4 nitrogen and oxygen atoms in total. The number of hydrogen-bond acceptors (Lipinski definition) is 3. The minimum Gasteiger partial charge on any atom is -0.497 e. The molecule has 0 bridgehead atoms. The molecule has 0 amide bonds. The second-order valence-corrected chi connectivity index (χ2v) is 4.43. The minimum absolute atomic E-state index is 0.0189. The van der Waals surface area contributed by atoms with Gasteiger partial charge in [0.25, 0.3) is 0 Å². The molecule has 2 unspecified atom stereocenters. The number of ether oxygens (including phenoxy) is 2. The Morgan fingerprint density at radius 2 is 1.89 bits per heavy atom. The lowest BCUT2D eigenvalue weighted by atomic mass is 9.88. The highest BCUT2D eigenvalue weighted by Gasteiger charge is 2.24. The summed E-state index contributed by atoms with van der Waals surface area (Å²) < 4.78 is 10.1. The lowest BCUT2D eigenvalue weighted by molar-refractivity contribution is -0.144. The third-order valence-corrected chi connectivity index (χ3v) is 3.05. The van der Waals surface area contributed by atoms with Crippen molar-refractivity contribution in [1.82, 2.24) is 0 Å². The molecule has 1 aromatic carbocycles. The molecule has 0 spiro atoms. The van der Waals surface area contributed by atoms with Crippen molar-refractivity contribution in [3.8, 4) is 5.75 Å². The van der Waals surface area contributed by atoms with Gasteiger partial charge in [0, 0.05) is 13.7 Å². The van der Waals surface area contributed by atoms with Gasteiger partial charge in [-0.1, -0.05) is 19.1 Å². The SMILES string of the molecule is COCC(C)C(Cc1ccc(OC)cc1)C(=O)O. The molecule has 0 saturated carbocycles. The van der Waals surface area contributed by atoms with Crippen LogP contribution in [0.1, 0.15) is 12.5 Å². The van der Waals surface area contributed by atoms with Crippen LogP contribution in [0.25, 0.3) is 0 Å². The van der Waals surface area contributed by atoms with E-state index in [1.807, 2.05) is 31.2 Å². The maximum absolute atomic E-state index is 11.3. The number of hydrogen-bond donors (Lipinski definition) is 1. The van der Waals surface area contributed by atoms with Gasteiger partial charge in [-0.25, -0.2) is 0 Å². The van der Waals surface area contributed by atoms with E-state index in [4.69, 9.17) is 9.47 Å². The largest absolute Gasteiger partial charge is 0.497 e. The molecule has 4 heteroatoms. The summed E-state index contributed by atoms with van der Waals surface area (Å²) in [6, 6.07) is 7.48. The second kappa shape index (κ2) is 7.01. The van der Waals surface area contributed by atoms with Crippen molar-refractivity contribution in [2.75, 3.05) is 20.8 Å². The fourth-order valence-electron chi connectivity index (χ4n) is 1.93. The Morgan fingerprint density at radius 3 is 2.33 bits per heavy atom. The molecule has 0 radical (unpaired) electrons. The van der Waals surface area contributed by atoms with E-state index in [2.05, 4.69) is 0 Å². The van der Waals surface area contributed by atoms with E-state index in [0.717, 1.165) is 11.3 Å². The van der Waals surface area contributed by atoms with Gasteiger partial charge < -0.3 is 14.6 Å². The van der Waals surface area contributed by atoms with Crippen LogP contribution < -0.4 is 4.74 Å². The number of methoxy groups -OCH3 is 2. The summed E-state index contributed by atoms with van der Waals surface area (Å²) in [6.45, 7) is 2.35. The van der Waals surface area contributed by atoms with Crippen molar-refractivity contribution < 1.29 is 19.4 Å². The highest BCUT2D eigenvalue weighted by molar-refractivity contribution is 5.70. The highest BCUT2D eigenvalue weighted by Crippen LogP contribution is 2.20. The first-order chi connectivity index (χ1) is 8.58. The Balaban J connectivity index is 2.73. The third-order valence-electron chi connectivity index (χ3n) is 3.05. The van der Waals surface area contributed by atoms with Crippen LogP contribution in [0.5, 0.6) is 5.75 Å². The van der Waals surface area contributed by atoms with Crippen LogP contribution in [-0.2, 0) is 16.0 Å². The van der Waals surface area contributed by atoms with E-state index in [0.29, 0.717) is 13.0 Å². The zero-order valence-corrected chi connectivity index (χ0v) is 11.1. The van der Waals surface area contributed by atoms with E-state index in [1.54, 1.807) is 14.2 Å². The maximum atomic E-state index is 11.3. The fraction of sp³-hybridized carbons (Fsp3) is 0.500. The maximum Gasteiger partial charge on any atom is 0.307 e. The van der Waals surface area contributed by atoms with E-state index >= 15 is 0 Å². The Morgan fingerprint density at radius 1 is 1.28 bits per heavy atom. The summed E-state index contributed by atoms with van der Waals surface area (Å²) >= 11 is 0. The van der Waals surface area contributed by atoms with Crippen molar-refractivity contribution in [1.29, 1.82) is 0 Å². The lowest BCUT2D eigenvalue weighted by Gasteiger charge is -2.19. The monoisotopic (exact) mass is 252 g/mol. The predicted octanol–water partition coefficient (Wildman–Crippen LogP) is 2.22. The van der Waals surface area contributed by atoms with Crippen molar-refractivity contribution in [3.05, 3.63) is 29.8 Å². The second-order valence-electron chi connectivity index (χ2n) is 4.43. The van der Waals surface area contributed by atoms with Crippen LogP contribution in [0.2, 0.25) is 0 Å². The van der Waals surface area contributed by atoms with Crippen molar-refractivity contribution in [2.45, 2.75) is 13.3 Å². The molecule has 0 aliphatic rings. The summed E-state index contributed by atoms with van der Waals surface area (Å²) in [5, 5.41) is 9.25. The summed E-state index contributed by atoms with van der Waals surface area (Å²) in [7, 11) is 3.19. The van der Waals surface area contributed by atoms with E-state index in [-0.39, 0.29) is 5.92 Å². The first-order valence-electron chi connectivity index (χ1n) is 5.93. The van der Waals surface area contributed by atoms with Crippen LogP contribution in [0, 0.1) is 11.8 Å². The molecule has 0 aliphatic carbocycles. The topological polar surface area (TPSA) is 55.8 Å². The fourth-order valence-corrected chi connectivity index (χ4v) is 1.93. The molecule has 100 valence electrons. The number of carboxylic acid groups (broad SMARTS) is 1. The molecule has 0 heterocycles. The lowest BCUT2D eigenvalue weighted by Crippen LogP contribution is -2.26. The number of carbonyl (C=O) groups is 1. The average Bonchev–Trinajstić information content (AvgIpc) is 2.36. The van der Waals surface area contributed by atoms with Gasteiger partial charge in [0.1, 0.15) is 5.75 Å². The molecular weight excluding hydrogens is 232 g/mol. The van der Waals surface area contributed by atoms with Gasteiger partial charge in [0.2, 0.25) is 0 Å². The average molecular weight is 252 g/mol. The normalized spacial score (nSPS) is 13.9. The molecule has 0 aromatic heterocycles. The van der Waals surface area contributed by atoms with Crippen molar-refractivity contribution in [3.63, 3.8) is 0 Å². The first kappa shape index (κ1) is 14.5. The van der Waals surface area contributed by atoms with Gasteiger partial charge >= 0.3 is 5.97 Å². The molecule has 2 atom stereocenters. The first-order valence-corrected chi connectivity index (χ1v) is 5.93. The minimum atomic E-state index is -0.782. The van der Waals surface area contributed by atoms with Gasteiger partial charge in [-0.15, -0.1) is 0 Å². The Hall–Kier alpha value is -1.55. The molecule has 0 aliphatic heterocycles. The summed E-state index contributed by atoms with van der Waals surface area (Å²) in [6.07, 6.45) is 0.504. The van der Waals surface area contributed by atoms with E-state index in [9.17, 15) is 9.90 Å². The molecule has 0 saturated heterocycles. The van der Waals surface area contributed by atoms with Gasteiger partial charge in [0.05, 0.1) is 13.0 Å². The summed E-state index contributed by atoms with van der Waals surface area (Å²) in [5.41, 5.74) is 0.992. The third kappa shape index (κ3) is 4.04. The molecule has 0 fully saturated rings. The van der Waals surface area contributed by atoms with Gasteiger partial charge in [0.15, 0.2) is 0 Å². The quantitative estimate of drug-likeness (QED) is 0.808. The van der Waals surface area contributed by atoms with Gasteiger partial charge in [-0.2, -0.15) is 0 Å². The number of aliphatic carboxylic acids is 1. The standard InChI is InChI=1S/C14H20O4/c1-10(9-17-2)13(14(15)16)8-11-4-6-12(18-3)7-5-11/h4-7,10,13H,8-9H2,1-3H3,(H,15,16). The molecule has 1 N–H and O–H groups in total. The van der Waals surface area contributed by atoms with Gasteiger partial charge in [-0.3, -0.25) is 4.79 Å². The van der Waals surface area contributed by atoms with Crippen molar-refractivity contribution >= 4 is 5.97 Å².